The van der Waals surface area contributed by atoms with Gasteiger partial charge in [-0.1, -0.05) is 0 Å². The maximum atomic E-state index is 3.55. The average Bonchev–Trinajstić information content (AvgIpc) is 2.01. The third-order valence-electron chi connectivity index (χ3n) is 2.57. The average molecular weight is 350 g/mol. The van der Waals surface area contributed by atoms with E-state index in [0.717, 1.165) is 0 Å². The van der Waals surface area contributed by atoms with Crippen LogP contribution in [0.4, 0.5) is 0 Å². The Hall–Kier alpha value is 1.52. The van der Waals surface area contributed by atoms with Crippen molar-refractivity contribution >= 4 is 29.5 Å². The number of hydrogen-bond donors (Lipinski definition) is 0. The van der Waals surface area contributed by atoms with Gasteiger partial charge in [-0.25, -0.2) is 0 Å². The Bertz CT molecular complexity index is 73.9. The molecule has 0 N–H and O–H groups in total. The van der Waals surface area contributed by atoms with Crippen LogP contribution in [-0.2, 0) is 0 Å². The van der Waals surface area contributed by atoms with E-state index < -0.39 is 13.6 Å². The Balaban J connectivity index is 0. The van der Waals surface area contributed by atoms with Crippen LogP contribution in [-0.4, -0.2) is 18.9 Å². The number of halogens is 2. The van der Waals surface area contributed by atoms with Gasteiger partial charge in [0.25, 0.3) is 0 Å². The van der Waals surface area contributed by atoms with Crippen LogP contribution in [0, 0.1) is 0 Å². The summed E-state index contributed by atoms with van der Waals surface area (Å²) in [5.74, 6) is 0. The largest absolute Gasteiger partial charge is 1.00 e. The molecule has 0 aromatic heterocycles. The summed E-state index contributed by atoms with van der Waals surface area (Å²) in [6, 6.07) is 0. The van der Waals surface area contributed by atoms with Crippen molar-refractivity contribution in [1.29, 1.82) is 0 Å². The first-order chi connectivity index (χ1) is 4.74. The Labute approximate surface area is 92.9 Å². The minimum atomic E-state index is -1.10. The topological polar surface area (TPSA) is 0 Å². The standard InChI is InChI=1S/C8H19AsBr.BrH/c1-4-9(5-2,6-3)7-8-10;/h4-8H2,1-3H3;1H/q+1;/p-1. The normalized spacial score (nSPS) is 10.9. The molecule has 0 aliphatic carbocycles. The smallest absolute Gasteiger partial charge is 1.00 e. The van der Waals surface area contributed by atoms with Crippen molar-refractivity contribution in [3.05, 3.63) is 0 Å². The van der Waals surface area contributed by atoms with E-state index in [1.54, 1.807) is 0 Å². The first kappa shape index (κ1) is 15.0. The van der Waals surface area contributed by atoms with Gasteiger partial charge in [0.15, 0.2) is 0 Å². The first-order valence-electron chi connectivity index (χ1n) is 4.15. The van der Waals surface area contributed by atoms with Crippen LogP contribution in [0.1, 0.15) is 20.8 Å². The van der Waals surface area contributed by atoms with E-state index in [9.17, 15) is 0 Å². The predicted octanol–water partition coefficient (Wildman–Crippen LogP) is 0.894. The maximum absolute atomic E-state index is 3.55. The Morgan fingerprint density at radius 1 is 1.00 bits per heavy atom. The fourth-order valence-electron chi connectivity index (χ4n) is 1.32. The molecule has 0 amide bonds. The molecule has 0 fully saturated rings. The molecule has 0 aliphatic heterocycles. The quantitative estimate of drug-likeness (QED) is 0.511. The molecule has 70 valence electrons. The van der Waals surface area contributed by atoms with E-state index in [1.165, 1.54) is 26.2 Å². The van der Waals surface area contributed by atoms with Gasteiger partial charge < -0.3 is 17.0 Å². The molecule has 0 saturated heterocycles. The summed E-state index contributed by atoms with van der Waals surface area (Å²) in [6.45, 7) is 7.13. The SMILES string of the molecule is CC[As+](CC)(CC)CCBr.[Br-]. The molecule has 0 radical (unpaired) electrons. The van der Waals surface area contributed by atoms with Gasteiger partial charge in [-0.15, -0.1) is 0 Å². The minimum Gasteiger partial charge on any atom is -1.00 e. The second-order valence-corrected chi connectivity index (χ2v) is 14.0. The number of rotatable bonds is 5. The molecule has 0 bridgehead atoms. The number of hydrogen-bond acceptors (Lipinski definition) is 0. The van der Waals surface area contributed by atoms with Gasteiger partial charge in [-0.05, 0) is 0 Å². The van der Waals surface area contributed by atoms with E-state index >= 15 is 0 Å². The van der Waals surface area contributed by atoms with E-state index in [1.807, 2.05) is 0 Å². The molecule has 0 spiro atoms. The summed E-state index contributed by atoms with van der Waals surface area (Å²) in [5.41, 5.74) is 0. The van der Waals surface area contributed by atoms with E-state index in [-0.39, 0.29) is 17.0 Å². The van der Waals surface area contributed by atoms with Crippen LogP contribution in [0.5, 0.6) is 0 Å². The molecule has 0 nitrogen and oxygen atoms in total. The third-order valence-corrected chi connectivity index (χ3v) is 15.2. The maximum Gasteiger partial charge on any atom is -1.00 e. The fourth-order valence-corrected chi connectivity index (χ4v) is 10.8. The van der Waals surface area contributed by atoms with Crippen molar-refractivity contribution in [2.75, 3.05) is 5.33 Å². The fraction of sp³-hybridized carbons (Fsp3) is 1.00. The molecule has 0 aromatic carbocycles. The van der Waals surface area contributed by atoms with Gasteiger partial charge in [0, 0.05) is 0 Å². The minimum absolute atomic E-state index is 0. The van der Waals surface area contributed by atoms with Crippen molar-refractivity contribution < 1.29 is 17.0 Å². The van der Waals surface area contributed by atoms with Crippen molar-refractivity contribution in [3.63, 3.8) is 0 Å². The second kappa shape index (κ2) is 8.13. The van der Waals surface area contributed by atoms with Gasteiger partial charge >= 0.3 is 76.4 Å². The first-order valence-corrected chi connectivity index (χ1v) is 10.6. The Morgan fingerprint density at radius 2 is 1.36 bits per heavy atom. The van der Waals surface area contributed by atoms with Crippen LogP contribution in [0.15, 0.2) is 0 Å². The van der Waals surface area contributed by atoms with E-state index in [0.29, 0.717) is 0 Å². The predicted molar refractivity (Wildman–Crippen MR) is 55.8 cm³/mol. The molecule has 0 heterocycles. The summed E-state index contributed by atoms with van der Waals surface area (Å²) in [6.07, 6.45) is 0. The molecule has 3 heteroatoms. The molecular formula is C8H19AsBr2. The van der Waals surface area contributed by atoms with Crippen LogP contribution >= 0.6 is 15.9 Å². The van der Waals surface area contributed by atoms with Gasteiger partial charge in [0.1, 0.15) is 0 Å². The molecule has 0 aliphatic rings. The zero-order chi connectivity index (χ0) is 8.04. The van der Waals surface area contributed by atoms with Crippen molar-refractivity contribution in [2.24, 2.45) is 0 Å². The summed E-state index contributed by atoms with van der Waals surface area (Å²) < 4.78 is 0. The zero-order valence-corrected chi connectivity index (χ0v) is 12.8. The molecule has 0 saturated carbocycles. The monoisotopic (exact) mass is 348 g/mol. The van der Waals surface area contributed by atoms with Gasteiger partial charge in [-0.3, -0.25) is 0 Å². The Morgan fingerprint density at radius 3 is 1.45 bits per heavy atom. The van der Waals surface area contributed by atoms with Crippen molar-refractivity contribution in [2.45, 2.75) is 41.6 Å². The molecule has 0 aromatic rings. The van der Waals surface area contributed by atoms with Crippen molar-refractivity contribution in [3.8, 4) is 0 Å². The van der Waals surface area contributed by atoms with Crippen LogP contribution < -0.4 is 17.0 Å². The van der Waals surface area contributed by atoms with Gasteiger partial charge in [-0.2, -0.15) is 0 Å². The summed E-state index contributed by atoms with van der Waals surface area (Å²) in [5, 5.41) is 7.22. The summed E-state index contributed by atoms with van der Waals surface area (Å²) in [7, 11) is 0. The third kappa shape index (κ3) is 4.95. The molecule has 0 unspecified atom stereocenters. The molecule has 11 heavy (non-hydrogen) atoms. The molecule has 0 rings (SSSR count). The van der Waals surface area contributed by atoms with Crippen LogP contribution in [0.3, 0.4) is 0 Å². The van der Waals surface area contributed by atoms with E-state index in [2.05, 4.69) is 36.7 Å². The van der Waals surface area contributed by atoms with Crippen molar-refractivity contribution in [1.82, 2.24) is 0 Å². The molecule has 0 atom stereocenters. The second-order valence-electron chi connectivity index (χ2n) is 2.70. The van der Waals surface area contributed by atoms with Gasteiger partial charge in [0.2, 0.25) is 0 Å². The van der Waals surface area contributed by atoms with Crippen LogP contribution in [0.2, 0.25) is 20.8 Å². The molecular weight excluding hydrogens is 331 g/mol. The van der Waals surface area contributed by atoms with Crippen LogP contribution in [0.25, 0.3) is 0 Å². The summed E-state index contributed by atoms with van der Waals surface area (Å²) in [4.78, 5) is 0. The van der Waals surface area contributed by atoms with Gasteiger partial charge in [0.05, 0.1) is 0 Å². The zero-order valence-electron chi connectivity index (χ0n) is 7.74. The Kier molecular flexibility index (Phi) is 11.1. The number of alkyl halides is 1. The summed E-state index contributed by atoms with van der Waals surface area (Å²) >= 11 is 2.46. The van der Waals surface area contributed by atoms with E-state index in [4.69, 9.17) is 0 Å².